The lowest BCUT2D eigenvalue weighted by molar-refractivity contribution is -0.0230. The van der Waals surface area contributed by atoms with Crippen LogP contribution in [0.2, 0.25) is 0 Å². The van der Waals surface area contributed by atoms with Crippen LogP contribution in [0.5, 0.6) is 0 Å². The fraction of sp³-hybridized carbons (Fsp3) is 0.692. The number of H-pyrrole nitrogens is 1. The molecular formula is C13H20N3O5. The summed E-state index contributed by atoms with van der Waals surface area (Å²) in [5, 5.41) is 31.3. The molecule has 0 spiro atoms. The van der Waals surface area contributed by atoms with Gasteiger partial charge in [0.2, 0.25) is 5.95 Å². The van der Waals surface area contributed by atoms with Crippen molar-refractivity contribution in [2.45, 2.75) is 51.0 Å². The zero-order valence-electron chi connectivity index (χ0n) is 12.2. The van der Waals surface area contributed by atoms with Crippen molar-refractivity contribution < 1.29 is 20.2 Å². The number of anilines is 1. The lowest BCUT2D eigenvalue weighted by Crippen LogP contribution is -2.39. The van der Waals surface area contributed by atoms with Crippen LogP contribution in [0.3, 0.4) is 0 Å². The van der Waals surface area contributed by atoms with Crippen molar-refractivity contribution in [2.75, 3.05) is 11.7 Å². The summed E-state index contributed by atoms with van der Waals surface area (Å²) in [4.78, 5) is 18.5. The average Bonchev–Trinajstić information content (AvgIpc) is 2.77. The third-order valence-corrected chi connectivity index (χ3v) is 3.37. The summed E-state index contributed by atoms with van der Waals surface area (Å²) in [6, 6.07) is 0. The highest BCUT2D eigenvalue weighted by atomic mass is 16.5. The first kappa shape index (κ1) is 15.9. The Hall–Kier alpha value is -1.48. The Labute approximate surface area is 122 Å². The summed E-state index contributed by atoms with van der Waals surface area (Å²) in [6.45, 7) is 4.79. The Morgan fingerprint density at radius 3 is 2.67 bits per heavy atom. The molecule has 3 atom stereocenters. The summed E-state index contributed by atoms with van der Waals surface area (Å²) in [5.41, 5.74) is -0.976. The molecule has 1 aliphatic heterocycles. The van der Waals surface area contributed by atoms with E-state index in [9.17, 15) is 15.1 Å². The zero-order chi connectivity index (χ0) is 15.8. The van der Waals surface area contributed by atoms with Crippen molar-refractivity contribution in [3.05, 3.63) is 22.1 Å². The Morgan fingerprint density at radius 2 is 2.19 bits per heavy atom. The molecule has 1 aliphatic rings. The predicted octanol–water partition coefficient (Wildman–Crippen LogP) is -0.0965. The highest BCUT2D eigenvalue weighted by Crippen LogP contribution is 2.31. The monoisotopic (exact) mass is 298 g/mol. The van der Waals surface area contributed by atoms with E-state index in [0.717, 1.165) is 0 Å². The molecular weight excluding hydrogens is 278 g/mol. The molecule has 1 fully saturated rings. The molecule has 117 valence electrons. The Kier molecular flexibility index (Phi) is 4.33. The van der Waals surface area contributed by atoms with E-state index in [0.29, 0.717) is 5.06 Å². The van der Waals surface area contributed by atoms with Crippen molar-refractivity contribution in [3.63, 3.8) is 0 Å². The van der Waals surface area contributed by atoms with Gasteiger partial charge in [0.25, 0.3) is 5.56 Å². The number of rotatable bonds is 3. The minimum Gasteiger partial charge on any atom is -0.394 e. The second-order valence-corrected chi connectivity index (χ2v) is 6.11. The van der Waals surface area contributed by atoms with Gasteiger partial charge >= 0.3 is 0 Å². The van der Waals surface area contributed by atoms with Crippen LogP contribution in [-0.2, 0) is 9.94 Å². The molecule has 2 rings (SSSR count). The van der Waals surface area contributed by atoms with Crippen LogP contribution < -0.4 is 10.6 Å². The fourth-order valence-electron chi connectivity index (χ4n) is 2.14. The van der Waals surface area contributed by atoms with Crippen molar-refractivity contribution in [1.82, 2.24) is 9.97 Å². The number of nitrogens with zero attached hydrogens (tertiary/aromatic N) is 2. The number of hydrogen-bond acceptors (Lipinski definition) is 6. The van der Waals surface area contributed by atoms with E-state index in [2.05, 4.69) is 9.97 Å². The lowest BCUT2D eigenvalue weighted by Gasteiger charge is -2.27. The minimum absolute atomic E-state index is 0.0755. The molecule has 1 aromatic heterocycles. The van der Waals surface area contributed by atoms with E-state index < -0.39 is 29.4 Å². The third-order valence-electron chi connectivity index (χ3n) is 3.37. The quantitative estimate of drug-likeness (QED) is 0.671. The maximum absolute atomic E-state index is 12.1. The van der Waals surface area contributed by atoms with E-state index in [1.165, 1.54) is 6.20 Å². The zero-order valence-corrected chi connectivity index (χ0v) is 12.2. The number of ether oxygens (including phenoxy) is 1. The molecule has 0 aromatic carbocycles. The van der Waals surface area contributed by atoms with Crippen LogP contribution in [-0.4, -0.2) is 44.5 Å². The van der Waals surface area contributed by atoms with Gasteiger partial charge in [0.1, 0.15) is 6.10 Å². The standard InChI is InChI=1S/C13H20N3O5/c1-13(2,3)16(20)12-14-5-7(11(19)15-12)9-4-8(18)10(6-17)21-9/h5,8-10,17-18H,4,6H2,1-3H3,(H,14,15,19)/t8-,9+,10+/m0/s1. The summed E-state index contributed by atoms with van der Waals surface area (Å²) < 4.78 is 5.41. The van der Waals surface area contributed by atoms with Gasteiger partial charge in [0.05, 0.1) is 29.9 Å². The smallest absolute Gasteiger partial charge is 0.258 e. The summed E-state index contributed by atoms with van der Waals surface area (Å²) >= 11 is 0. The van der Waals surface area contributed by atoms with E-state index >= 15 is 0 Å². The van der Waals surface area contributed by atoms with Gasteiger partial charge in [-0.05, 0) is 20.8 Å². The summed E-state index contributed by atoms with van der Waals surface area (Å²) in [6.07, 6.45) is -0.695. The molecule has 0 saturated carbocycles. The van der Waals surface area contributed by atoms with Gasteiger partial charge < -0.3 is 14.9 Å². The summed E-state index contributed by atoms with van der Waals surface area (Å²) in [7, 11) is 0. The largest absolute Gasteiger partial charge is 0.394 e. The number of aliphatic hydroxyl groups is 2. The molecule has 21 heavy (non-hydrogen) atoms. The van der Waals surface area contributed by atoms with Gasteiger partial charge in [-0.3, -0.25) is 9.78 Å². The van der Waals surface area contributed by atoms with Gasteiger partial charge in [-0.1, -0.05) is 5.21 Å². The van der Waals surface area contributed by atoms with Crippen LogP contribution in [0.15, 0.2) is 11.0 Å². The van der Waals surface area contributed by atoms with Crippen LogP contribution in [0.25, 0.3) is 0 Å². The van der Waals surface area contributed by atoms with Crippen LogP contribution in [0.1, 0.15) is 38.9 Å². The highest BCUT2D eigenvalue weighted by molar-refractivity contribution is 5.29. The third kappa shape index (κ3) is 3.24. The van der Waals surface area contributed by atoms with E-state index in [1.54, 1.807) is 20.8 Å². The number of hydroxylamine groups is 1. The van der Waals surface area contributed by atoms with Gasteiger partial charge in [0, 0.05) is 12.6 Å². The number of nitrogens with one attached hydrogen (secondary N) is 1. The molecule has 1 aromatic rings. The van der Waals surface area contributed by atoms with E-state index in [-0.39, 0.29) is 24.5 Å². The summed E-state index contributed by atoms with van der Waals surface area (Å²) in [5.74, 6) is -0.0755. The molecule has 2 heterocycles. The molecule has 8 heteroatoms. The minimum atomic E-state index is -0.829. The SMILES string of the molecule is CC(C)(C)N([O])c1ncc([C@H]2C[C@H](O)[C@@H](CO)O2)c(=O)[nH]1. The number of aromatic nitrogens is 2. The number of aliphatic hydroxyl groups excluding tert-OH is 2. The van der Waals surface area contributed by atoms with Crippen molar-refractivity contribution in [1.29, 1.82) is 0 Å². The normalized spacial score (nSPS) is 26.1. The molecule has 3 N–H and O–H groups in total. The van der Waals surface area contributed by atoms with Gasteiger partial charge in [-0.25, -0.2) is 4.98 Å². The van der Waals surface area contributed by atoms with Crippen LogP contribution in [0.4, 0.5) is 5.95 Å². The Morgan fingerprint density at radius 1 is 1.52 bits per heavy atom. The van der Waals surface area contributed by atoms with Gasteiger partial charge in [-0.15, -0.1) is 0 Å². The number of hydrogen-bond donors (Lipinski definition) is 3. The Balaban J connectivity index is 2.23. The molecule has 1 saturated heterocycles. The molecule has 0 unspecified atom stereocenters. The maximum Gasteiger partial charge on any atom is 0.258 e. The predicted molar refractivity (Wildman–Crippen MR) is 73.1 cm³/mol. The molecule has 0 aliphatic carbocycles. The van der Waals surface area contributed by atoms with Gasteiger partial charge in [-0.2, -0.15) is 5.06 Å². The lowest BCUT2D eigenvalue weighted by atomic mass is 10.1. The van der Waals surface area contributed by atoms with Crippen molar-refractivity contribution >= 4 is 5.95 Å². The first-order valence-corrected chi connectivity index (χ1v) is 6.75. The maximum atomic E-state index is 12.1. The van der Waals surface area contributed by atoms with Gasteiger partial charge in [0.15, 0.2) is 0 Å². The first-order chi connectivity index (χ1) is 9.74. The number of aromatic amines is 1. The molecule has 0 amide bonds. The van der Waals surface area contributed by atoms with E-state index in [4.69, 9.17) is 9.84 Å². The topological polar surface area (TPSA) is 119 Å². The first-order valence-electron chi connectivity index (χ1n) is 6.75. The van der Waals surface area contributed by atoms with Crippen molar-refractivity contribution in [3.8, 4) is 0 Å². The second-order valence-electron chi connectivity index (χ2n) is 6.11. The van der Waals surface area contributed by atoms with E-state index in [1.807, 2.05) is 0 Å². The van der Waals surface area contributed by atoms with Crippen molar-refractivity contribution in [2.24, 2.45) is 0 Å². The van der Waals surface area contributed by atoms with Crippen LogP contribution in [0, 0.1) is 0 Å². The second kappa shape index (κ2) is 5.72. The average molecular weight is 298 g/mol. The highest BCUT2D eigenvalue weighted by Gasteiger charge is 2.36. The molecule has 8 nitrogen and oxygen atoms in total. The van der Waals surface area contributed by atoms with Crippen LogP contribution >= 0.6 is 0 Å². The molecule has 1 radical (unpaired) electrons. The molecule has 0 bridgehead atoms. The fourth-order valence-corrected chi connectivity index (χ4v) is 2.14. The Bertz CT molecular complexity index is 553.